The first-order valence-electron chi connectivity index (χ1n) is 17.6. The van der Waals surface area contributed by atoms with E-state index in [1.54, 1.807) is 12.1 Å². The summed E-state index contributed by atoms with van der Waals surface area (Å²) < 4.78 is 6.40. The Morgan fingerprint density at radius 2 is 0.740 bits per heavy atom. The van der Waals surface area contributed by atoms with Crippen LogP contribution < -0.4 is 4.74 Å². The van der Waals surface area contributed by atoms with Gasteiger partial charge in [-0.25, -0.2) is 4.79 Å². The minimum atomic E-state index is -0.515. The van der Waals surface area contributed by atoms with Gasteiger partial charge in [0.25, 0.3) is 0 Å². The lowest BCUT2D eigenvalue weighted by molar-refractivity contribution is 0.0728. The largest absolute Gasteiger partial charge is 0.507 e. The molecule has 0 aromatic heterocycles. The molecule has 0 heterocycles. The maximum atomic E-state index is 14.2. The van der Waals surface area contributed by atoms with E-state index in [1.807, 2.05) is 65.8 Å². The van der Waals surface area contributed by atoms with Crippen LogP contribution in [0.3, 0.4) is 0 Å². The van der Waals surface area contributed by atoms with Crippen LogP contribution >= 0.6 is 11.8 Å². The minimum absolute atomic E-state index is 0.132. The molecule has 0 spiro atoms. The second-order valence-corrected chi connectivity index (χ2v) is 21.0. The predicted octanol–water partition coefficient (Wildman–Crippen LogP) is 12.0. The first kappa shape index (κ1) is 41.2. The summed E-state index contributed by atoms with van der Waals surface area (Å²) in [6.07, 6.45) is 0. The average molecular weight is 703 g/mol. The normalized spacial score (nSPS) is 13.4. The molecule has 50 heavy (non-hydrogen) atoms. The van der Waals surface area contributed by atoms with Gasteiger partial charge >= 0.3 is 5.97 Å². The zero-order valence-corrected chi connectivity index (χ0v) is 34.8. The van der Waals surface area contributed by atoms with Crippen molar-refractivity contribution in [2.45, 2.75) is 162 Å². The molecule has 0 aliphatic heterocycles. The van der Waals surface area contributed by atoms with Gasteiger partial charge in [-0.15, -0.1) is 0 Å². The fourth-order valence-electron chi connectivity index (χ4n) is 5.99. The third-order valence-corrected chi connectivity index (χ3v) is 9.90. The summed E-state index contributed by atoms with van der Waals surface area (Å²) in [6, 6.07) is 11.1. The molecule has 2 N–H and O–H groups in total. The van der Waals surface area contributed by atoms with Gasteiger partial charge in [-0.2, -0.15) is 0 Å². The number of benzene rings is 3. The van der Waals surface area contributed by atoms with Gasteiger partial charge in [0.1, 0.15) is 17.2 Å². The Morgan fingerprint density at radius 3 is 1.04 bits per heavy atom. The monoisotopic (exact) mass is 702 g/mol. The third-order valence-electron chi connectivity index (χ3n) is 9.01. The number of aromatic hydroxyl groups is 2. The quantitative estimate of drug-likeness (QED) is 0.160. The Hall–Kier alpha value is -3.25. The van der Waals surface area contributed by atoms with Crippen LogP contribution in [0.15, 0.2) is 41.3 Å². The van der Waals surface area contributed by atoms with Crippen LogP contribution in [0.4, 0.5) is 0 Å². The molecule has 3 rings (SSSR count). The number of hydrogen-bond donors (Lipinski definition) is 2. The molecular formula is C44H62O5S. The van der Waals surface area contributed by atoms with E-state index in [1.165, 1.54) is 0 Å². The summed E-state index contributed by atoms with van der Waals surface area (Å²) in [5, 5.41) is 22.4. The molecule has 0 aliphatic carbocycles. The summed E-state index contributed by atoms with van der Waals surface area (Å²) in [5.41, 5.74) is 2.92. The van der Waals surface area contributed by atoms with Crippen LogP contribution in [0.25, 0.3) is 0 Å². The van der Waals surface area contributed by atoms with Gasteiger partial charge in [0.2, 0.25) is 5.12 Å². The smallest absolute Gasteiger partial charge is 0.343 e. The number of carbonyl (C=O) groups is 2. The van der Waals surface area contributed by atoms with Gasteiger partial charge in [0.15, 0.2) is 0 Å². The number of rotatable bonds is 4. The molecular weight excluding hydrogens is 641 g/mol. The van der Waals surface area contributed by atoms with Crippen LogP contribution in [0, 0.1) is 0 Å². The number of phenolic OH excluding ortho intramolecular Hbond substituents is 2. The zero-order chi connectivity index (χ0) is 38.7. The SMILES string of the molecule is CC(C)(C)c1cc(SC(=O)c2cc(C(C)(C)C)c(OC(=O)c3cc(C(C)(C)C)c(O)c(C(C)(C)C)c3)c(C(C)(C)C)c2)cc(C(C)(C)C)c1O. The van der Waals surface area contributed by atoms with Crippen LogP contribution in [0.2, 0.25) is 0 Å². The fraction of sp³-hybridized carbons (Fsp3) is 0.545. The minimum Gasteiger partial charge on any atom is -0.507 e. The molecule has 6 heteroatoms. The summed E-state index contributed by atoms with van der Waals surface area (Å²) in [6.45, 7) is 36.7. The van der Waals surface area contributed by atoms with Crippen LogP contribution in [-0.4, -0.2) is 21.3 Å². The predicted molar refractivity (Wildman–Crippen MR) is 210 cm³/mol. The van der Waals surface area contributed by atoms with E-state index < -0.39 is 27.6 Å². The zero-order valence-electron chi connectivity index (χ0n) is 34.0. The van der Waals surface area contributed by atoms with Crippen molar-refractivity contribution in [3.05, 3.63) is 80.9 Å². The van der Waals surface area contributed by atoms with E-state index in [0.29, 0.717) is 28.0 Å². The molecule has 274 valence electrons. The van der Waals surface area contributed by atoms with Crippen molar-refractivity contribution in [1.29, 1.82) is 0 Å². The highest BCUT2D eigenvalue weighted by molar-refractivity contribution is 8.14. The molecule has 0 saturated heterocycles. The second-order valence-electron chi connectivity index (χ2n) is 20.0. The maximum Gasteiger partial charge on any atom is 0.343 e. The lowest BCUT2D eigenvalue weighted by atomic mass is 9.78. The highest BCUT2D eigenvalue weighted by Crippen LogP contribution is 2.45. The first-order chi connectivity index (χ1) is 22.2. The van der Waals surface area contributed by atoms with E-state index in [-0.39, 0.29) is 27.4 Å². The summed E-state index contributed by atoms with van der Waals surface area (Å²) in [5.74, 6) is 0.411. The number of ether oxygens (including phenoxy) is 1. The molecule has 0 atom stereocenters. The van der Waals surface area contributed by atoms with E-state index in [9.17, 15) is 19.8 Å². The average Bonchev–Trinajstić information content (AvgIpc) is 2.90. The first-order valence-corrected chi connectivity index (χ1v) is 18.5. The molecule has 0 amide bonds. The van der Waals surface area contributed by atoms with Crippen LogP contribution in [0.1, 0.15) is 179 Å². The van der Waals surface area contributed by atoms with Gasteiger partial charge in [-0.1, -0.05) is 125 Å². The molecule has 0 bridgehead atoms. The number of esters is 1. The topological polar surface area (TPSA) is 83.8 Å². The summed E-state index contributed by atoms with van der Waals surface area (Å²) in [7, 11) is 0. The molecule has 0 unspecified atom stereocenters. The van der Waals surface area contributed by atoms with Gasteiger partial charge in [-0.3, -0.25) is 4.79 Å². The molecule has 0 fully saturated rings. The number of hydrogen-bond acceptors (Lipinski definition) is 6. The maximum absolute atomic E-state index is 14.2. The molecule has 3 aromatic carbocycles. The van der Waals surface area contributed by atoms with Gasteiger partial charge in [-0.05, 0) is 80.7 Å². The van der Waals surface area contributed by atoms with Crippen LogP contribution in [-0.2, 0) is 32.5 Å². The van der Waals surface area contributed by atoms with E-state index in [2.05, 4.69) is 83.1 Å². The third kappa shape index (κ3) is 9.15. The van der Waals surface area contributed by atoms with Crippen molar-refractivity contribution in [2.75, 3.05) is 0 Å². The second kappa shape index (κ2) is 13.4. The molecule has 3 aromatic rings. The van der Waals surface area contributed by atoms with Gasteiger partial charge < -0.3 is 14.9 Å². The van der Waals surface area contributed by atoms with E-state index >= 15 is 0 Å². The highest BCUT2D eigenvalue weighted by Gasteiger charge is 2.34. The standard InChI is InChI=1S/C44H62O5S/c1-39(2,3)28-19-25(20-29(34(28)45)40(4,5)6)37(47)49-36-32(43(13,14)15)21-26(22-33(36)44(16,17)18)38(48)50-27-23-30(41(7,8)9)35(46)31(24-27)42(10,11)12/h19-24,45-46H,1-18H3. The van der Waals surface area contributed by atoms with Crippen molar-refractivity contribution >= 4 is 22.8 Å². The molecule has 0 aliphatic rings. The van der Waals surface area contributed by atoms with Crippen molar-refractivity contribution < 1.29 is 24.5 Å². The Morgan fingerprint density at radius 1 is 0.460 bits per heavy atom. The summed E-state index contributed by atoms with van der Waals surface area (Å²) >= 11 is 1.15. The fourth-order valence-corrected chi connectivity index (χ4v) is 6.80. The number of thioether (sulfide) groups is 1. The van der Waals surface area contributed by atoms with Crippen LogP contribution in [0.5, 0.6) is 17.2 Å². The molecule has 5 nitrogen and oxygen atoms in total. The molecule has 0 radical (unpaired) electrons. The van der Waals surface area contributed by atoms with Crippen molar-refractivity contribution in [3.63, 3.8) is 0 Å². The van der Waals surface area contributed by atoms with Crippen molar-refractivity contribution in [1.82, 2.24) is 0 Å². The number of carbonyl (C=O) groups excluding carboxylic acids is 2. The summed E-state index contributed by atoms with van der Waals surface area (Å²) in [4.78, 5) is 29.1. The Labute approximate surface area is 306 Å². The molecule has 0 saturated carbocycles. The van der Waals surface area contributed by atoms with Crippen molar-refractivity contribution in [2.24, 2.45) is 0 Å². The lowest BCUT2D eigenvalue weighted by Gasteiger charge is -2.30. The highest BCUT2D eigenvalue weighted by atomic mass is 32.2. The number of phenols is 2. The Bertz CT molecular complexity index is 1680. The van der Waals surface area contributed by atoms with Gasteiger partial charge in [0.05, 0.1) is 5.56 Å². The Kier molecular flexibility index (Phi) is 11.0. The van der Waals surface area contributed by atoms with E-state index in [4.69, 9.17) is 4.74 Å². The Balaban J connectivity index is 2.24. The van der Waals surface area contributed by atoms with E-state index in [0.717, 1.165) is 38.9 Å². The van der Waals surface area contributed by atoms with Crippen molar-refractivity contribution in [3.8, 4) is 17.2 Å². The lowest BCUT2D eigenvalue weighted by Crippen LogP contribution is -2.24. The van der Waals surface area contributed by atoms with Gasteiger partial charge in [0, 0.05) is 43.8 Å².